The molecule has 0 saturated carbocycles. The number of piperidine rings is 1. The molecule has 1 nitrogen and oxygen atoms in total. The third-order valence-corrected chi connectivity index (χ3v) is 6.80. The molecular weight excluding hydrogens is 229 g/mol. The van der Waals surface area contributed by atoms with Crippen molar-refractivity contribution in [2.75, 3.05) is 13.1 Å². The summed E-state index contributed by atoms with van der Waals surface area (Å²) in [6.45, 7) is 7.37. The van der Waals surface area contributed by atoms with E-state index in [0.29, 0.717) is 0 Å². The van der Waals surface area contributed by atoms with Crippen molar-refractivity contribution < 1.29 is 0 Å². The number of nitrogens with one attached hydrogen (secondary N) is 1. The van der Waals surface area contributed by atoms with Crippen LogP contribution in [0, 0.1) is 0 Å². The second-order valence-electron chi connectivity index (χ2n) is 3.35. The Balaban J connectivity index is 2.13. The van der Waals surface area contributed by atoms with Gasteiger partial charge in [0.05, 0.1) is 0 Å². The zero-order valence-corrected chi connectivity index (χ0v) is 9.84. The molecular formula is C8H17NSn. The molecule has 10 heavy (non-hydrogen) atoms. The fourth-order valence-electron chi connectivity index (χ4n) is 1.46. The number of rotatable bonds is 2. The van der Waals surface area contributed by atoms with E-state index in [9.17, 15) is 0 Å². The zero-order chi connectivity index (χ0) is 7.40. The van der Waals surface area contributed by atoms with Crippen LogP contribution in [-0.2, 0) is 0 Å². The Morgan fingerprint density at radius 3 is 2.40 bits per heavy atom. The zero-order valence-electron chi connectivity index (χ0n) is 6.98. The Hall–Kier alpha value is 0.759. The standard InChI is InChI=1S/C5H10N.C3H7.Sn/c1-2-4-6-5-3-1;1-3-2;/h1,6H,2-5H2;3H,1-2H3;. The van der Waals surface area contributed by atoms with E-state index >= 15 is 0 Å². The Kier molecular flexibility index (Phi) is 4.07. The van der Waals surface area contributed by atoms with Gasteiger partial charge in [0.25, 0.3) is 0 Å². The molecule has 1 aliphatic heterocycles. The van der Waals surface area contributed by atoms with Gasteiger partial charge in [-0.3, -0.25) is 0 Å². The molecule has 0 amide bonds. The van der Waals surface area contributed by atoms with Gasteiger partial charge in [0.1, 0.15) is 0 Å². The Labute approximate surface area is 74.2 Å². The van der Waals surface area contributed by atoms with Gasteiger partial charge in [0.15, 0.2) is 0 Å². The molecule has 1 fully saturated rings. The van der Waals surface area contributed by atoms with Crippen molar-refractivity contribution in [1.29, 1.82) is 0 Å². The summed E-state index contributed by atoms with van der Waals surface area (Å²) < 4.78 is 2.25. The van der Waals surface area contributed by atoms with Gasteiger partial charge < -0.3 is 0 Å². The molecule has 0 unspecified atom stereocenters. The molecule has 0 atom stereocenters. The summed E-state index contributed by atoms with van der Waals surface area (Å²) >= 11 is -0.00220. The molecule has 0 spiro atoms. The first-order chi connectivity index (χ1) is 4.79. The molecule has 1 aliphatic rings. The summed E-state index contributed by atoms with van der Waals surface area (Å²) in [7, 11) is 0. The molecule has 1 saturated heterocycles. The molecule has 1 heterocycles. The van der Waals surface area contributed by atoms with Gasteiger partial charge in [0, 0.05) is 0 Å². The van der Waals surface area contributed by atoms with Crippen LogP contribution >= 0.6 is 0 Å². The predicted molar refractivity (Wildman–Crippen MR) is 46.7 cm³/mol. The molecule has 0 bridgehead atoms. The van der Waals surface area contributed by atoms with E-state index < -0.39 is 0 Å². The molecule has 1 N–H and O–H groups in total. The molecule has 0 aromatic heterocycles. The molecule has 2 heteroatoms. The molecule has 0 aliphatic carbocycles. The van der Waals surface area contributed by atoms with Crippen LogP contribution in [0.25, 0.3) is 0 Å². The maximum atomic E-state index is 3.42. The van der Waals surface area contributed by atoms with Crippen LogP contribution in [0.15, 0.2) is 0 Å². The van der Waals surface area contributed by atoms with E-state index in [1.165, 1.54) is 29.9 Å². The number of hydrogen-bond donors (Lipinski definition) is 1. The van der Waals surface area contributed by atoms with E-state index in [2.05, 4.69) is 19.2 Å². The van der Waals surface area contributed by atoms with Gasteiger partial charge in [-0.15, -0.1) is 0 Å². The van der Waals surface area contributed by atoms with Crippen molar-refractivity contribution in [2.45, 2.75) is 34.6 Å². The van der Waals surface area contributed by atoms with Crippen molar-refractivity contribution in [1.82, 2.24) is 5.32 Å². The summed E-state index contributed by atoms with van der Waals surface area (Å²) in [5, 5.41) is 3.42. The fourth-order valence-corrected chi connectivity index (χ4v) is 5.93. The van der Waals surface area contributed by atoms with E-state index in [4.69, 9.17) is 0 Å². The van der Waals surface area contributed by atoms with Crippen LogP contribution in [0.5, 0.6) is 0 Å². The van der Waals surface area contributed by atoms with Gasteiger partial charge in [0.2, 0.25) is 0 Å². The van der Waals surface area contributed by atoms with Crippen molar-refractivity contribution in [2.24, 2.45) is 0 Å². The van der Waals surface area contributed by atoms with Gasteiger partial charge in [-0.2, -0.15) is 0 Å². The quantitative estimate of drug-likeness (QED) is 0.731. The van der Waals surface area contributed by atoms with E-state index in [1.807, 2.05) is 0 Å². The van der Waals surface area contributed by atoms with Crippen molar-refractivity contribution >= 4 is 21.1 Å². The Bertz CT molecular complexity index is 87.3. The minimum atomic E-state index is -0.00220. The molecule has 0 aromatic carbocycles. The normalized spacial score (nSPS) is 21.9. The Morgan fingerprint density at radius 2 is 1.90 bits per heavy atom. The average Bonchev–Trinajstić information content (AvgIpc) is 1.88. The molecule has 58 valence electrons. The first-order valence-corrected chi connectivity index (χ1v) is 7.55. The molecule has 2 radical (unpaired) electrons. The second-order valence-corrected chi connectivity index (χ2v) is 9.92. The van der Waals surface area contributed by atoms with Crippen molar-refractivity contribution in [3.05, 3.63) is 0 Å². The third kappa shape index (κ3) is 3.24. The van der Waals surface area contributed by atoms with Crippen LogP contribution in [0.4, 0.5) is 0 Å². The monoisotopic (exact) mass is 247 g/mol. The van der Waals surface area contributed by atoms with E-state index in [-0.39, 0.29) is 21.1 Å². The average molecular weight is 246 g/mol. The maximum absolute atomic E-state index is 3.42. The first-order valence-electron chi connectivity index (χ1n) is 4.26. The first kappa shape index (κ1) is 8.85. The molecule has 0 aromatic rings. The second kappa shape index (κ2) is 4.60. The van der Waals surface area contributed by atoms with Crippen molar-refractivity contribution in [3.63, 3.8) is 0 Å². The van der Waals surface area contributed by atoms with Crippen LogP contribution in [0.3, 0.4) is 0 Å². The molecule has 1 rings (SSSR count). The van der Waals surface area contributed by atoms with Crippen LogP contribution in [-0.4, -0.2) is 34.2 Å². The summed E-state index contributed by atoms with van der Waals surface area (Å²) in [4.78, 5) is 0. The summed E-state index contributed by atoms with van der Waals surface area (Å²) in [5.74, 6) is 0. The topological polar surface area (TPSA) is 12.0 Å². The summed E-state index contributed by atoms with van der Waals surface area (Å²) in [5.41, 5.74) is 0. The van der Waals surface area contributed by atoms with Crippen molar-refractivity contribution in [3.8, 4) is 0 Å². The van der Waals surface area contributed by atoms with Gasteiger partial charge in [-0.05, 0) is 0 Å². The Morgan fingerprint density at radius 1 is 1.30 bits per heavy atom. The van der Waals surface area contributed by atoms with Gasteiger partial charge in [-0.1, -0.05) is 0 Å². The summed E-state index contributed by atoms with van der Waals surface area (Å²) in [6, 6.07) is 0. The van der Waals surface area contributed by atoms with E-state index in [1.54, 1.807) is 0 Å². The van der Waals surface area contributed by atoms with Gasteiger partial charge in [-0.25, -0.2) is 0 Å². The van der Waals surface area contributed by atoms with Gasteiger partial charge >= 0.3 is 74.1 Å². The van der Waals surface area contributed by atoms with Crippen LogP contribution in [0.1, 0.15) is 26.7 Å². The number of hydrogen-bond acceptors (Lipinski definition) is 1. The van der Waals surface area contributed by atoms with Crippen LogP contribution in [0.2, 0.25) is 7.87 Å². The summed E-state index contributed by atoms with van der Waals surface area (Å²) in [6.07, 6.45) is 2.95. The third-order valence-electron chi connectivity index (χ3n) is 1.91. The fraction of sp³-hybridized carbons (Fsp3) is 1.00. The SMILES string of the molecule is C[CH](C)[Sn][CH]1CCNCC1. The minimum absolute atomic E-state index is 0.00220. The van der Waals surface area contributed by atoms with Crippen LogP contribution < -0.4 is 5.32 Å². The van der Waals surface area contributed by atoms with E-state index in [0.717, 1.165) is 3.93 Å². The predicted octanol–water partition coefficient (Wildman–Crippen LogP) is 1.69.